The smallest absolute Gasteiger partial charge is 0.323 e. The zero-order valence-electron chi connectivity index (χ0n) is 16.4. The molecule has 1 aromatic carbocycles. The van der Waals surface area contributed by atoms with E-state index in [1.807, 2.05) is 6.92 Å². The van der Waals surface area contributed by atoms with Gasteiger partial charge in [0.25, 0.3) is 0 Å². The van der Waals surface area contributed by atoms with Gasteiger partial charge in [-0.3, -0.25) is 10.3 Å². The number of carbonyl (C=O) groups excluding carboxylic acids is 1. The van der Waals surface area contributed by atoms with Crippen LogP contribution in [-0.2, 0) is 10.0 Å². The normalized spacial score (nSPS) is 11.3. The fourth-order valence-corrected chi connectivity index (χ4v) is 2.79. The van der Waals surface area contributed by atoms with Crippen LogP contribution >= 0.6 is 0 Å². The third-order valence-corrected chi connectivity index (χ3v) is 5.37. The van der Waals surface area contributed by atoms with Gasteiger partial charge in [0.1, 0.15) is 24.1 Å². The first-order chi connectivity index (χ1) is 13.7. The second-order valence-electron chi connectivity index (χ2n) is 6.33. The highest BCUT2D eigenvalue weighted by atomic mass is 32.2. The molecular weight excluding hydrogens is 401 g/mol. The Morgan fingerprint density at radius 3 is 2.55 bits per heavy atom. The summed E-state index contributed by atoms with van der Waals surface area (Å²) in [6.45, 7) is 2.19. The third kappa shape index (κ3) is 7.64. The standard InChI is InChI=1S/C18H24FN5O4S/c1-13-4-5-15(11-21-13)22-18(25)23-16-8-14(19)9-17(10-16)28-7-6-20-12-29(26,27)24(2)3/h4-5,8-11,20H,6-7,12H2,1-3H3,(H2,22,23,25). The van der Waals surface area contributed by atoms with Crippen molar-refractivity contribution in [2.45, 2.75) is 6.92 Å². The number of urea groups is 1. The molecule has 0 fully saturated rings. The lowest BCUT2D eigenvalue weighted by atomic mass is 10.3. The van der Waals surface area contributed by atoms with Gasteiger partial charge in [0.05, 0.1) is 11.9 Å². The van der Waals surface area contributed by atoms with Gasteiger partial charge in [-0.05, 0) is 25.1 Å². The maximum Gasteiger partial charge on any atom is 0.323 e. The topological polar surface area (TPSA) is 113 Å². The molecule has 2 rings (SSSR count). The van der Waals surface area contributed by atoms with Crippen molar-refractivity contribution in [2.24, 2.45) is 0 Å². The number of amides is 2. The minimum absolute atomic E-state index is 0.118. The van der Waals surface area contributed by atoms with Gasteiger partial charge < -0.3 is 15.4 Å². The number of nitrogens with zero attached hydrogens (tertiary/aromatic N) is 2. The fraction of sp³-hybridized carbons (Fsp3) is 0.333. The van der Waals surface area contributed by atoms with Crippen LogP contribution in [0.3, 0.4) is 0 Å². The van der Waals surface area contributed by atoms with Crippen LogP contribution in [0.4, 0.5) is 20.6 Å². The molecule has 0 radical (unpaired) electrons. The number of aryl methyl sites for hydroxylation is 1. The number of benzene rings is 1. The predicted molar refractivity (Wildman–Crippen MR) is 109 cm³/mol. The average Bonchev–Trinajstić information content (AvgIpc) is 2.62. The van der Waals surface area contributed by atoms with Crippen molar-refractivity contribution < 1.29 is 22.3 Å². The number of nitrogens with one attached hydrogen (secondary N) is 3. The van der Waals surface area contributed by atoms with Gasteiger partial charge in [-0.15, -0.1) is 0 Å². The molecule has 0 aliphatic rings. The van der Waals surface area contributed by atoms with Crippen LogP contribution < -0.4 is 20.7 Å². The van der Waals surface area contributed by atoms with E-state index in [2.05, 4.69) is 20.9 Å². The highest BCUT2D eigenvalue weighted by molar-refractivity contribution is 7.89. The van der Waals surface area contributed by atoms with E-state index in [1.54, 1.807) is 12.1 Å². The van der Waals surface area contributed by atoms with E-state index < -0.39 is 21.9 Å². The van der Waals surface area contributed by atoms with E-state index in [9.17, 15) is 17.6 Å². The molecule has 0 saturated heterocycles. The number of pyridine rings is 1. The molecule has 0 bridgehead atoms. The average molecular weight is 425 g/mol. The zero-order valence-corrected chi connectivity index (χ0v) is 17.2. The van der Waals surface area contributed by atoms with Gasteiger partial charge in [-0.1, -0.05) is 0 Å². The number of carbonyl (C=O) groups is 1. The molecule has 0 atom stereocenters. The van der Waals surface area contributed by atoms with Crippen molar-refractivity contribution in [3.8, 4) is 5.75 Å². The van der Waals surface area contributed by atoms with E-state index in [1.165, 1.54) is 32.4 Å². The number of sulfonamides is 1. The largest absolute Gasteiger partial charge is 0.492 e. The molecule has 3 N–H and O–H groups in total. The van der Waals surface area contributed by atoms with Crippen LogP contribution in [0.1, 0.15) is 5.69 Å². The van der Waals surface area contributed by atoms with Gasteiger partial charge in [-0.2, -0.15) is 0 Å². The van der Waals surface area contributed by atoms with Crippen LogP contribution in [0.5, 0.6) is 5.75 Å². The highest BCUT2D eigenvalue weighted by Gasteiger charge is 2.12. The monoisotopic (exact) mass is 425 g/mol. The molecule has 2 aromatic rings. The van der Waals surface area contributed by atoms with E-state index >= 15 is 0 Å². The van der Waals surface area contributed by atoms with Gasteiger partial charge in [-0.25, -0.2) is 21.9 Å². The number of anilines is 2. The summed E-state index contributed by atoms with van der Waals surface area (Å²) in [7, 11) is -0.461. The first-order valence-corrected chi connectivity index (χ1v) is 10.3. The molecule has 158 valence electrons. The van der Waals surface area contributed by atoms with Crippen molar-refractivity contribution >= 4 is 27.4 Å². The molecule has 0 unspecified atom stereocenters. The predicted octanol–water partition coefficient (Wildman–Crippen LogP) is 1.99. The van der Waals surface area contributed by atoms with Gasteiger partial charge in [0, 0.05) is 44.2 Å². The number of hydrogen-bond donors (Lipinski definition) is 3. The first-order valence-electron chi connectivity index (χ1n) is 8.71. The van der Waals surface area contributed by atoms with Crippen LogP contribution in [0.2, 0.25) is 0 Å². The quantitative estimate of drug-likeness (QED) is 0.530. The molecule has 1 aromatic heterocycles. The summed E-state index contributed by atoms with van der Waals surface area (Å²) in [5.74, 6) is -0.611. The molecule has 11 heteroatoms. The lowest BCUT2D eigenvalue weighted by molar-refractivity contribution is 0.262. The van der Waals surface area contributed by atoms with E-state index in [4.69, 9.17) is 4.74 Å². The Balaban J connectivity index is 1.85. The van der Waals surface area contributed by atoms with Crippen LogP contribution in [-0.4, -0.2) is 56.9 Å². The maximum atomic E-state index is 13.8. The Morgan fingerprint density at radius 1 is 1.17 bits per heavy atom. The summed E-state index contributed by atoms with van der Waals surface area (Å²) in [4.78, 5) is 16.1. The molecule has 29 heavy (non-hydrogen) atoms. The number of rotatable bonds is 9. The number of halogens is 1. The van der Waals surface area contributed by atoms with Crippen molar-refractivity contribution in [2.75, 3.05) is 43.8 Å². The Morgan fingerprint density at radius 2 is 1.90 bits per heavy atom. The molecule has 0 aliphatic carbocycles. The van der Waals surface area contributed by atoms with E-state index in [-0.39, 0.29) is 30.5 Å². The van der Waals surface area contributed by atoms with Gasteiger partial charge in [0.15, 0.2) is 0 Å². The lowest BCUT2D eigenvalue weighted by Gasteiger charge is -2.13. The Kier molecular flexibility index (Phi) is 7.88. The molecule has 1 heterocycles. The summed E-state index contributed by atoms with van der Waals surface area (Å²) in [5, 5.41) is 7.85. The second-order valence-corrected chi connectivity index (χ2v) is 8.51. The lowest BCUT2D eigenvalue weighted by Crippen LogP contribution is -2.34. The second kappa shape index (κ2) is 10.1. The number of aromatic nitrogens is 1. The van der Waals surface area contributed by atoms with Crippen LogP contribution in [0, 0.1) is 12.7 Å². The molecular formula is C18H24FN5O4S. The van der Waals surface area contributed by atoms with E-state index in [0.717, 1.165) is 16.1 Å². The van der Waals surface area contributed by atoms with Crippen molar-refractivity contribution in [3.63, 3.8) is 0 Å². The van der Waals surface area contributed by atoms with Crippen LogP contribution in [0.15, 0.2) is 36.5 Å². The van der Waals surface area contributed by atoms with E-state index in [0.29, 0.717) is 5.69 Å². The van der Waals surface area contributed by atoms with Crippen molar-refractivity contribution in [1.82, 2.24) is 14.6 Å². The first kappa shape index (κ1) is 22.5. The summed E-state index contributed by atoms with van der Waals surface area (Å²) < 4.78 is 43.6. The zero-order chi connectivity index (χ0) is 21.4. The summed E-state index contributed by atoms with van der Waals surface area (Å²) in [6, 6.07) is 6.69. The minimum Gasteiger partial charge on any atom is -0.492 e. The third-order valence-electron chi connectivity index (χ3n) is 3.69. The Labute approximate surface area is 169 Å². The van der Waals surface area contributed by atoms with Crippen LogP contribution in [0.25, 0.3) is 0 Å². The summed E-state index contributed by atoms with van der Waals surface area (Å²) in [5.41, 5.74) is 1.53. The van der Waals surface area contributed by atoms with Gasteiger partial charge >= 0.3 is 6.03 Å². The number of hydrogen-bond acceptors (Lipinski definition) is 6. The number of ether oxygens (including phenoxy) is 1. The SMILES string of the molecule is Cc1ccc(NC(=O)Nc2cc(F)cc(OCCNCS(=O)(=O)N(C)C)c2)cn1. The fourth-order valence-electron chi connectivity index (χ4n) is 2.12. The molecule has 0 saturated carbocycles. The Hall–Kier alpha value is -2.76. The molecule has 0 spiro atoms. The Bertz CT molecular complexity index is 936. The summed E-state index contributed by atoms with van der Waals surface area (Å²) in [6.07, 6.45) is 1.51. The van der Waals surface area contributed by atoms with Crippen molar-refractivity contribution in [1.29, 1.82) is 0 Å². The van der Waals surface area contributed by atoms with Crippen molar-refractivity contribution in [3.05, 3.63) is 48.0 Å². The molecule has 0 aliphatic heterocycles. The maximum absolute atomic E-state index is 13.8. The minimum atomic E-state index is -3.35. The molecule has 9 nitrogen and oxygen atoms in total. The summed E-state index contributed by atoms with van der Waals surface area (Å²) >= 11 is 0. The van der Waals surface area contributed by atoms with Gasteiger partial charge in [0.2, 0.25) is 10.0 Å². The molecule has 2 amide bonds. The highest BCUT2D eigenvalue weighted by Crippen LogP contribution is 2.20.